The molecule has 0 amide bonds. The quantitative estimate of drug-likeness (QED) is 0.433. The molecule has 1 fully saturated rings. The molecule has 1 aliphatic heterocycles. The zero-order valence-corrected chi connectivity index (χ0v) is 19.3. The smallest absolute Gasteiger partial charge is 0.140 e. The van der Waals surface area contributed by atoms with E-state index in [1.54, 1.807) is 0 Å². The number of likely N-dealkylation sites (tertiary alicyclic amines) is 1. The Hall–Kier alpha value is -3.39. The number of allylic oxidation sites excluding steroid dienone is 2. The van der Waals surface area contributed by atoms with Gasteiger partial charge in [-0.1, -0.05) is 38.5 Å². The van der Waals surface area contributed by atoms with Gasteiger partial charge in [-0.2, -0.15) is 5.26 Å². The summed E-state index contributed by atoms with van der Waals surface area (Å²) in [5, 5.41) is 10.3. The summed E-state index contributed by atoms with van der Waals surface area (Å²) >= 11 is 0. The molecular formula is C27H31N5. The number of fused-ring (bicyclic) bond motifs is 1. The topological polar surface area (TPSA) is 57.7 Å². The van der Waals surface area contributed by atoms with Gasteiger partial charge in [0.2, 0.25) is 0 Å². The molecule has 1 aliphatic rings. The second kappa shape index (κ2) is 9.40. The number of unbranched alkanes of at least 4 members (excludes halogenated alkanes) is 2. The third-order valence-electron chi connectivity index (χ3n) is 6.37. The summed E-state index contributed by atoms with van der Waals surface area (Å²) in [7, 11) is 2.08. The van der Waals surface area contributed by atoms with Gasteiger partial charge in [-0.15, -0.1) is 0 Å². The molecule has 4 rings (SSSR count). The largest absolute Gasteiger partial charge is 0.369 e. The van der Waals surface area contributed by atoms with E-state index in [9.17, 15) is 5.26 Å². The molecule has 32 heavy (non-hydrogen) atoms. The number of aromatic nitrogens is 3. The van der Waals surface area contributed by atoms with E-state index >= 15 is 0 Å². The molecule has 5 heteroatoms. The van der Waals surface area contributed by atoms with Crippen LogP contribution in [0.2, 0.25) is 0 Å². The zero-order chi connectivity index (χ0) is 22.7. The number of hydrogen-bond donors (Lipinski definition) is 0. The normalized spacial score (nSPS) is 16.5. The molecule has 0 saturated carbocycles. The average Bonchev–Trinajstić information content (AvgIpc) is 3.43. The second-order valence-electron chi connectivity index (χ2n) is 8.67. The lowest BCUT2D eigenvalue weighted by Crippen LogP contribution is -2.18. The SMILES string of the molecule is C=C(c1cccc(-c2cnc3c(c2)cc(/C(C)=C/CCCC)n3C)n1)N1CCC(C#N)C1. The first-order valence-corrected chi connectivity index (χ1v) is 11.5. The first-order chi connectivity index (χ1) is 15.5. The van der Waals surface area contributed by atoms with Crippen LogP contribution < -0.4 is 0 Å². The summed E-state index contributed by atoms with van der Waals surface area (Å²) in [6, 6.07) is 12.8. The van der Waals surface area contributed by atoms with Gasteiger partial charge in [0.1, 0.15) is 5.65 Å². The van der Waals surface area contributed by atoms with E-state index in [2.05, 4.69) is 61.2 Å². The molecule has 3 aromatic heterocycles. The fraction of sp³-hybridized carbons (Fsp3) is 0.370. The Morgan fingerprint density at radius 1 is 1.34 bits per heavy atom. The van der Waals surface area contributed by atoms with Crippen molar-refractivity contribution in [3.63, 3.8) is 0 Å². The Bertz CT molecular complexity index is 1210. The van der Waals surface area contributed by atoms with Crippen LogP contribution in [0.4, 0.5) is 0 Å². The highest BCUT2D eigenvalue weighted by molar-refractivity contribution is 5.86. The summed E-state index contributed by atoms with van der Waals surface area (Å²) in [6.07, 6.45) is 8.64. The van der Waals surface area contributed by atoms with E-state index in [0.29, 0.717) is 0 Å². The molecule has 0 N–H and O–H groups in total. The Morgan fingerprint density at radius 2 is 2.19 bits per heavy atom. The van der Waals surface area contributed by atoms with Crippen molar-refractivity contribution in [2.75, 3.05) is 13.1 Å². The monoisotopic (exact) mass is 425 g/mol. The minimum atomic E-state index is 0.0771. The standard InChI is InChI=1S/C27H31N5/c1-5-6-7-9-19(2)26-15-22-14-23(17-29-27(22)31(26)4)25-11-8-10-24(30-25)20(3)32-13-12-21(16-28)18-32/h8-11,14-15,17,21H,3,5-7,12-13,18H2,1-2,4H3/b19-9+. The molecule has 4 heterocycles. The highest BCUT2D eigenvalue weighted by atomic mass is 15.2. The fourth-order valence-corrected chi connectivity index (χ4v) is 4.39. The van der Waals surface area contributed by atoms with Crippen LogP contribution in [0, 0.1) is 17.2 Å². The summed E-state index contributed by atoms with van der Waals surface area (Å²) in [6.45, 7) is 10.2. The van der Waals surface area contributed by atoms with Gasteiger partial charge in [0.15, 0.2) is 0 Å². The second-order valence-corrected chi connectivity index (χ2v) is 8.67. The first-order valence-electron chi connectivity index (χ1n) is 11.5. The first kappa shape index (κ1) is 21.8. The van der Waals surface area contributed by atoms with Gasteiger partial charge in [0, 0.05) is 43.0 Å². The molecule has 0 spiro atoms. The van der Waals surface area contributed by atoms with E-state index < -0.39 is 0 Å². The predicted octanol–water partition coefficient (Wildman–Crippen LogP) is 6.04. The van der Waals surface area contributed by atoms with Gasteiger partial charge in [-0.25, -0.2) is 9.97 Å². The molecule has 164 valence electrons. The van der Waals surface area contributed by atoms with Crippen molar-refractivity contribution >= 4 is 22.3 Å². The Kier molecular flexibility index (Phi) is 6.41. The van der Waals surface area contributed by atoms with Gasteiger partial charge >= 0.3 is 0 Å². The lowest BCUT2D eigenvalue weighted by atomic mass is 10.1. The van der Waals surface area contributed by atoms with E-state index in [1.807, 2.05) is 24.4 Å². The van der Waals surface area contributed by atoms with Crippen LogP contribution in [0.1, 0.15) is 50.9 Å². The molecule has 1 atom stereocenters. The minimum absolute atomic E-state index is 0.0771. The number of nitriles is 1. The van der Waals surface area contributed by atoms with Crippen molar-refractivity contribution in [3.05, 3.63) is 60.6 Å². The molecule has 1 unspecified atom stereocenters. The Morgan fingerprint density at radius 3 is 2.94 bits per heavy atom. The summed E-state index contributed by atoms with van der Waals surface area (Å²) in [5.41, 5.74) is 7.09. The maximum atomic E-state index is 9.19. The molecule has 0 radical (unpaired) electrons. The lowest BCUT2D eigenvalue weighted by molar-refractivity contribution is 0.481. The highest BCUT2D eigenvalue weighted by Gasteiger charge is 2.24. The van der Waals surface area contributed by atoms with E-state index in [4.69, 9.17) is 9.97 Å². The van der Waals surface area contributed by atoms with Crippen LogP contribution in [-0.4, -0.2) is 32.5 Å². The van der Waals surface area contributed by atoms with Crippen molar-refractivity contribution in [2.24, 2.45) is 13.0 Å². The van der Waals surface area contributed by atoms with Gasteiger partial charge in [0.05, 0.1) is 29.1 Å². The number of hydrogen-bond acceptors (Lipinski definition) is 4. The maximum Gasteiger partial charge on any atom is 0.140 e. The number of rotatable bonds is 7. The molecule has 0 bridgehead atoms. The number of aryl methyl sites for hydroxylation is 1. The molecule has 3 aromatic rings. The van der Waals surface area contributed by atoms with Crippen LogP contribution in [0.3, 0.4) is 0 Å². The third kappa shape index (κ3) is 4.31. The van der Waals surface area contributed by atoms with Gasteiger partial charge in [-0.05, 0) is 49.6 Å². The molecule has 0 aromatic carbocycles. The zero-order valence-electron chi connectivity index (χ0n) is 19.3. The molecule has 0 aliphatic carbocycles. The van der Waals surface area contributed by atoms with Crippen molar-refractivity contribution in [3.8, 4) is 17.3 Å². The fourth-order valence-electron chi connectivity index (χ4n) is 4.39. The van der Waals surface area contributed by atoms with Crippen molar-refractivity contribution in [2.45, 2.75) is 39.5 Å². The predicted molar refractivity (Wildman–Crippen MR) is 131 cm³/mol. The Balaban J connectivity index is 1.62. The van der Waals surface area contributed by atoms with Crippen LogP contribution >= 0.6 is 0 Å². The van der Waals surface area contributed by atoms with Gasteiger partial charge < -0.3 is 9.47 Å². The molecule has 5 nitrogen and oxygen atoms in total. The van der Waals surface area contributed by atoms with E-state index in [1.165, 1.54) is 24.1 Å². The number of nitrogens with zero attached hydrogens (tertiary/aromatic N) is 5. The number of pyridine rings is 2. The summed E-state index contributed by atoms with van der Waals surface area (Å²) in [5.74, 6) is 0.0771. The minimum Gasteiger partial charge on any atom is -0.369 e. The van der Waals surface area contributed by atoms with Gasteiger partial charge in [-0.3, -0.25) is 0 Å². The average molecular weight is 426 g/mol. The summed E-state index contributed by atoms with van der Waals surface area (Å²) in [4.78, 5) is 11.8. The molecular weight excluding hydrogens is 394 g/mol. The molecule has 1 saturated heterocycles. The summed E-state index contributed by atoms with van der Waals surface area (Å²) < 4.78 is 2.17. The van der Waals surface area contributed by atoms with Crippen LogP contribution in [0.25, 0.3) is 33.6 Å². The van der Waals surface area contributed by atoms with Crippen LogP contribution in [0.5, 0.6) is 0 Å². The van der Waals surface area contributed by atoms with Crippen molar-refractivity contribution in [1.82, 2.24) is 19.4 Å². The van der Waals surface area contributed by atoms with E-state index in [-0.39, 0.29) is 5.92 Å². The third-order valence-corrected chi connectivity index (χ3v) is 6.37. The van der Waals surface area contributed by atoms with Crippen LogP contribution in [-0.2, 0) is 7.05 Å². The lowest BCUT2D eigenvalue weighted by Gasteiger charge is -2.20. The van der Waals surface area contributed by atoms with Crippen LogP contribution in [0.15, 0.2) is 49.2 Å². The van der Waals surface area contributed by atoms with Gasteiger partial charge in [0.25, 0.3) is 0 Å². The van der Waals surface area contributed by atoms with E-state index in [0.717, 1.165) is 59.6 Å². The van der Waals surface area contributed by atoms with Crippen molar-refractivity contribution in [1.29, 1.82) is 5.26 Å². The highest BCUT2D eigenvalue weighted by Crippen LogP contribution is 2.29. The van der Waals surface area contributed by atoms with Crippen molar-refractivity contribution < 1.29 is 0 Å². The maximum absolute atomic E-state index is 9.19. The Labute approximate surface area is 190 Å².